The van der Waals surface area contributed by atoms with Crippen molar-refractivity contribution in [1.29, 1.82) is 0 Å². The van der Waals surface area contributed by atoms with E-state index in [1.165, 1.54) is 6.08 Å². The number of hydrogen-bond donors (Lipinski definition) is 0. The van der Waals surface area contributed by atoms with Crippen molar-refractivity contribution in [2.45, 2.75) is 6.42 Å². The Balaban J connectivity index is 2.51. The second-order valence-corrected chi connectivity index (χ2v) is 3.44. The Hall–Kier alpha value is -0.0366. The molecule has 0 heterocycles. The first-order valence-corrected chi connectivity index (χ1v) is 4.34. The molecule has 0 aliphatic heterocycles. The summed E-state index contributed by atoms with van der Waals surface area (Å²) in [7, 11) is 0. The van der Waals surface area contributed by atoms with Crippen LogP contribution in [-0.2, 0) is 16.9 Å². The molecule has 0 atom stereocenters. The maximum atomic E-state index is 11.8. The van der Waals surface area contributed by atoms with Gasteiger partial charge in [-0.3, -0.25) is 0 Å². The third-order valence-corrected chi connectivity index (χ3v) is 2.38. The molecule has 0 aromatic heterocycles. The molecular weight excluding hydrogens is 199 g/mol. The van der Waals surface area contributed by atoms with Gasteiger partial charge in [-0.25, -0.2) is 0 Å². The minimum absolute atomic E-state index is 0.370. The van der Waals surface area contributed by atoms with Crippen molar-refractivity contribution < 1.29 is 23.6 Å². The van der Waals surface area contributed by atoms with Gasteiger partial charge in [0.05, 0.1) is 0 Å². The molecule has 3 heteroatoms. The molecule has 0 unspecified atom stereocenters. The summed E-state index contributed by atoms with van der Waals surface area (Å²) in [5.74, 6) is 0. The molecule has 0 fully saturated rings. The Kier molecular flexibility index (Phi) is 1.90. The quantitative estimate of drug-likeness (QED) is 0.574. The van der Waals surface area contributed by atoms with E-state index in [0.717, 1.165) is 0 Å². The first kappa shape index (κ1) is 6.09. The number of rotatable bonds is 1. The summed E-state index contributed by atoms with van der Waals surface area (Å²) in [5.41, 5.74) is 0. The van der Waals surface area contributed by atoms with Gasteiger partial charge in [-0.15, -0.1) is 0 Å². The fourth-order valence-electron chi connectivity index (χ4n) is 0.515. The third kappa shape index (κ3) is 1.22. The van der Waals surface area contributed by atoms with Gasteiger partial charge in [-0.05, 0) is 0 Å². The van der Waals surface area contributed by atoms with Gasteiger partial charge in [0.15, 0.2) is 0 Å². The van der Waals surface area contributed by atoms with E-state index in [2.05, 4.69) is 0 Å². The van der Waals surface area contributed by atoms with Gasteiger partial charge in [-0.1, -0.05) is 0 Å². The van der Waals surface area contributed by atoms with Gasteiger partial charge in [0.2, 0.25) is 0 Å². The van der Waals surface area contributed by atoms with Crippen molar-refractivity contribution in [1.82, 2.24) is 0 Å². The third-order valence-electron chi connectivity index (χ3n) is 0.889. The summed E-state index contributed by atoms with van der Waals surface area (Å²) in [5, 5.41) is 0. The van der Waals surface area contributed by atoms with Gasteiger partial charge in [0.25, 0.3) is 0 Å². The van der Waals surface area contributed by atoms with Crippen molar-refractivity contribution in [2.24, 2.45) is 0 Å². The molecule has 0 aromatic rings. The Morgan fingerprint density at radius 3 is 2.50 bits per heavy atom. The molecule has 1 aliphatic rings. The van der Waals surface area contributed by atoms with Crippen LogP contribution in [-0.4, -0.2) is 0 Å². The number of hydrogen-bond acceptors (Lipinski definition) is 0. The fourth-order valence-corrected chi connectivity index (χ4v) is 1.37. The van der Waals surface area contributed by atoms with E-state index in [1.54, 1.807) is 12.2 Å². The zero-order chi connectivity index (χ0) is 5.98. The van der Waals surface area contributed by atoms with E-state index in [1.807, 2.05) is 0 Å². The van der Waals surface area contributed by atoms with Crippen molar-refractivity contribution in [3.63, 3.8) is 0 Å². The molecule has 1 aliphatic carbocycles. The van der Waals surface area contributed by atoms with Crippen molar-refractivity contribution in [2.75, 3.05) is 0 Å². The minimum atomic E-state index is -3.46. The molecule has 0 spiro atoms. The Morgan fingerprint density at radius 1 is 1.50 bits per heavy atom. The topological polar surface area (TPSA) is 0 Å². The van der Waals surface area contributed by atoms with Crippen molar-refractivity contribution in [3.05, 3.63) is 22.4 Å². The van der Waals surface area contributed by atoms with Crippen LogP contribution in [0.2, 0.25) is 0 Å². The van der Waals surface area contributed by atoms with Crippen LogP contribution in [0.4, 0.5) is 6.63 Å². The maximum absolute atomic E-state index is 11.8. The Morgan fingerprint density at radius 2 is 2.25 bits per heavy atom. The molecule has 8 heavy (non-hydrogen) atoms. The second-order valence-electron chi connectivity index (χ2n) is 1.41. The first-order chi connectivity index (χ1) is 3.80. The van der Waals surface area contributed by atoms with Crippen LogP contribution in [0.3, 0.4) is 0 Å². The average molecular weight is 204 g/mol. The van der Waals surface area contributed by atoms with Crippen LogP contribution < -0.4 is 0 Å². The summed E-state index contributed by atoms with van der Waals surface area (Å²) < 4.78 is 23.9. The Labute approximate surface area is 52.9 Å². The summed E-state index contributed by atoms with van der Waals surface area (Å²) in [4.78, 5) is 0. The van der Waals surface area contributed by atoms with Crippen LogP contribution in [0.5, 0.6) is 0 Å². The molecule has 0 bridgehead atoms. The molecule has 47 valence electrons. The van der Waals surface area contributed by atoms with Crippen LogP contribution in [0.25, 0.3) is 0 Å². The molecule has 0 saturated heterocycles. The van der Waals surface area contributed by atoms with Gasteiger partial charge < -0.3 is 0 Å². The second kappa shape index (κ2) is 2.49. The van der Waals surface area contributed by atoms with E-state index in [4.69, 9.17) is 0 Å². The van der Waals surface area contributed by atoms with E-state index >= 15 is 0 Å². The standard InChI is InChI=1S/C5H5.2FH.Ru/c1-2-4-5-3-1;;;/h1-3H,4H2;2*1H;/q;;;+2/p-2. The molecule has 0 radical (unpaired) electrons. The summed E-state index contributed by atoms with van der Waals surface area (Å²) in [6, 6.07) is 0. The molecule has 0 N–H and O–H groups in total. The van der Waals surface area contributed by atoms with Crippen molar-refractivity contribution in [3.8, 4) is 0 Å². The van der Waals surface area contributed by atoms with Crippen LogP contribution >= 0.6 is 0 Å². The van der Waals surface area contributed by atoms with Gasteiger partial charge in [0.1, 0.15) is 0 Å². The van der Waals surface area contributed by atoms with E-state index in [-0.39, 0.29) is 0 Å². The van der Waals surface area contributed by atoms with Crippen LogP contribution in [0.15, 0.2) is 22.4 Å². The normalized spacial score (nSPS) is 18.8. The summed E-state index contributed by atoms with van der Waals surface area (Å²) in [6.07, 6.45) is 5.47. The summed E-state index contributed by atoms with van der Waals surface area (Å²) in [6.45, 7) is 0. The van der Waals surface area contributed by atoms with Gasteiger partial charge in [0, 0.05) is 0 Å². The fraction of sp³-hybridized carbons (Fsp3) is 0.200. The van der Waals surface area contributed by atoms with E-state index < -0.39 is 16.9 Å². The van der Waals surface area contributed by atoms with Crippen molar-refractivity contribution >= 4 is 0 Å². The molecule has 0 saturated carbocycles. The molecule has 0 amide bonds. The molecular formula is C5H5F2Ru. The zero-order valence-corrected chi connectivity index (χ0v) is 5.79. The molecule has 1 rings (SSSR count). The van der Waals surface area contributed by atoms with E-state index in [0.29, 0.717) is 10.6 Å². The molecule has 0 nitrogen and oxygen atoms in total. The molecule has 0 aromatic carbocycles. The Bertz CT molecular complexity index is 137. The summed E-state index contributed by atoms with van der Waals surface area (Å²) >= 11 is -3.46. The predicted molar refractivity (Wildman–Crippen MR) is 24.1 cm³/mol. The number of allylic oxidation sites excluding steroid dienone is 4. The first-order valence-electron chi connectivity index (χ1n) is 2.16. The van der Waals surface area contributed by atoms with Gasteiger partial charge in [-0.2, -0.15) is 0 Å². The van der Waals surface area contributed by atoms with E-state index in [9.17, 15) is 6.63 Å². The number of halogens is 2. The SMILES string of the molecule is [F][Ru]([F])[C]1=CC=CC1. The van der Waals surface area contributed by atoms with Gasteiger partial charge >= 0.3 is 52.4 Å². The van der Waals surface area contributed by atoms with Crippen LogP contribution in [0.1, 0.15) is 6.42 Å². The average Bonchev–Trinajstić information content (AvgIpc) is 2.12. The monoisotopic (exact) mass is 205 g/mol. The predicted octanol–water partition coefficient (Wildman–Crippen LogP) is 2.22. The zero-order valence-electron chi connectivity index (χ0n) is 4.05. The van der Waals surface area contributed by atoms with Crippen LogP contribution in [0, 0.1) is 0 Å².